The summed E-state index contributed by atoms with van der Waals surface area (Å²) >= 11 is 5.93. The molecule has 0 aliphatic heterocycles. The number of nitrogens with one attached hydrogen (secondary N) is 2. The van der Waals surface area contributed by atoms with E-state index in [2.05, 4.69) is 15.6 Å². The average Bonchev–Trinajstić information content (AvgIpc) is 2.68. The van der Waals surface area contributed by atoms with Crippen molar-refractivity contribution < 1.29 is 9.59 Å². The molecule has 0 saturated heterocycles. The van der Waals surface area contributed by atoms with Crippen LogP contribution in [0.3, 0.4) is 0 Å². The SMILES string of the molecule is O=C(Cc1cccc(Cl)c1)NCc1ccc(NC(=O)c2cccnc2)cc1. The summed E-state index contributed by atoms with van der Waals surface area (Å²) < 4.78 is 0. The molecule has 1 aromatic heterocycles. The van der Waals surface area contributed by atoms with Gasteiger partial charge in [-0.3, -0.25) is 14.6 Å². The Bertz CT molecular complexity index is 928. The number of carbonyl (C=O) groups is 2. The van der Waals surface area contributed by atoms with E-state index in [1.54, 1.807) is 42.6 Å². The first-order chi connectivity index (χ1) is 13.1. The van der Waals surface area contributed by atoms with E-state index in [0.717, 1.165) is 11.1 Å². The van der Waals surface area contributed by atoms with Crippen molar-refractivity contribution >= 4 is 29.1 Å². The van der Waals surface area contributed by atoms with Crippen molar-refractivity contribution in [2.24, 2.45) is 0 Å². The van der Waals surface area contributed by atoms with Gasteiger partial charge < -0.3 is 10.6 Å². The minimum Gasteiger partial charge on any atom is -0.352 e. The number of aromatic nitrogens is 1. The molecule has 0 saturated carbocycles. The van der Waals surface area contributed by atoms with E-state index in [1.807, 2.05) is 24.3 Å². The van der Waals surface area contributed by atoms with Crippen LogP contribution in [0, 0.1) is 0 Å². The Morgan fingerprint density at radius 3 is 2.48 bits per heavy atom. The van der Waals surface area contributed by atoms with Crippen LogP contribution >= 0.6 is 11.6 Å². The largest absolute Gasteiger partial charge is 0.352 e. The molecule has 6 heteroatoms. The molecule has 2 amide bonds. The lowest BCUT2D eigenvalue weighted by atomic mass is 10.1. The molecule has 0 aliphatic rings. The third-order valence-corrected chi connectivity index (χ3v) is 4.11. The van der Waals surface area contributed by atoms with Gasteiger partial charge in [0.25, 0.3) is 5.91 Å². The van der Waals surface area contributed by atoms with E-state index in [1.165, 1.54) is 6.20 Å². The summed E-state index contributed by atoms with van der Waals surface area (Å²) in [6.45, 7) is 0.413. The van der Waals surface area contributed by atoms with Crippen molar-refractivity contribution in [2.45, 2.75) is 13.0 Å². The molecule has 2 aromatic carbocycles. The highest BCUT2D eigenvalue weighted by Crippen LogP contribution is 2.12. The Hall–Kier alpha value is -3.18. The van der Waals surface area contributed by atoms with Crippen LogP contribution in [0.1, 0.15) is 21.5 Å². The third-order valence-electron chi connectivity index (χ3n) is 3.88. The number of carbonyl (C=O) groups excluding carboxylic acids is 2. The highest BCUT2D eigenvalue weighted by atomic mass is 35.5. The number of hydrogen-bond donors (Lipinski definition) is 2. The van der Waals surface area contributed by atoms with Gasteiger partial charge in [0, 0.05) is 29.6 Å². The van der Waals surface area contributed by atoms with Gasteiger partial charge in [0.15, 0.2) is 0 Å². The van der Waals surface area contributed by atoms with Crippen LogP contribution in [0.5, 0.6) is 0 Å². The van der Waals surface area contributed by atoms with Gasteiger partial charge in [-0.1, -0.05) is 35.9 Å². The van der Waals surface area contributed by atoms with Gasteiger partial charge in [-0.15, -0.1) is 0 Å². The molecule has 0 atom stereocenters. The van der Waals surface area contributed by atoms with E-state index in [0.29, 0.717) is 22.8 Å². The summed E-state index contributed by atoms with van der Waals surface area (Å²) in [5.74, 6) is -0.295. The van der Waals surface area contributed by atoms with Crippen LogP contribution in [0.2, 0.25) is 5.02 Å². The fourth-order valence-corrected chi connectivity index (χ4v) is 2.71. The average molecular weight is 380 g/mol. The second kappa shape index (κ2) is 8.96. The molecule has 3 rings (SSSR count). The van der Waals surface area contributed by atoms with E-state index >= 15 is 0 Å². The molecule has 1 heterocycles. The Balaban J connectivity index is 1.50. The van der Waals surface area contributed by atoms with Crippen LogP contribution in [0.4, 0.5) is 5.69 Å². The van der Waals surface area contributed by atoms with Gasteiger partial charge in [-0.05, 0) is 47.5 Å². The van der Waals surface area contributed by atoms with Crippen molar-refractivity contribution in [1.29, 1.82) is 0 Å². The van der Waals surface area contributed by atoms with Gasteiger partial charge in [0.2, 0.25) is 5.91 Å². The van der Waals surface area contributed by atoms with Crippen LogP contribution < -0.4 is 10.6 Å². The summed E-state index contributed by atoms with van der Waals surface area (Å²) in [5, 5.41) is 6.30. The first-order valence-electron chi connectivity index (χ1n) is 8.41. The monoisotopic (exact) mass is 379 g/mol. The van der Waals surface area contributed by atoms with E-state index < -0.39 is 0 Å². The number of benzene rings is 2. The second-order valence-corrected chi connectivity index (χ2v) is 6.41. The second-order valence-electron chi connectivity index (χ2n) is 5.98. The maximum Gasteiger partial charge on any atom is 0.257 e. The van der Waals surface area contributed by atoms with Crippen LogP contribution in [-0.4, -0.2) is 16.8 Å². The number of hydrogen-bond acceptors (Lipinski definition) is 3. The lowest BCUT2D eigenvalue weighted by molar-refractivity contribution is -0.120. The van der Waals surface area contributed by atoms with Crippen molar-refractivity contribution in [3.8, 4) is 0 Å². The van der Waals surface area contributed by atoms with Crippen molar-refractivity contribution in [1.82, 2.24) is 10.3 Å². The van der Waals surface area contributed by atoms with Gasteiger partial charge in [0.05, 0.1) is 12.0 Å². The lowest BCUT2D eigenvalue weighted by Crippen LogP contribution is -2.24. The molecule has 0 radical (unpaired) electrons. The van der Waals surface area contributed by atoms with Crippen LogP contribution in [0.25, 0.3) is 0 Å². The molecule has 136 valence electrons. The van der Waals surface area contributed by atoms with Crippen LogP contribution in [0.15, 0.2) is 73.1 Å². The minimum atomic E-state index is -0.217. The zero-order chi connectivity index (χ0) is 19.1. The Morgan fingerprint density at radius 1 is 0.963 bits per heavy atom. The predicted molar refractivity (Wildman–Crippen MR) is 106 cm³/mol. The van der Waals surface area contributed by atoms with Crippen molar-refractivity contribution in [2.75, 3.05) is 5.32 Å². The van der Waals surface area contributed by atoms with E-state index in [-0.39, 0.29) is 18.2 Å². The fourth-order valence-electron chi connectivity index (χ4n) is 2.50. The number of pyridine rings is 1. The predicted octanol–water partition coefficient (Wildman–Crippen LogP) is 3.85. The molecule has 27 heavy (non-hydrogen) atoms. The maximum absolute atomic E-state index is 12.1. The Morgan fingerprint density at radius 2 is 1.78 bits per heavy atom. The van der Waals surface area contributed by atoms with Gasteiger partial charge in [-0.25, -0.2) is 0 Å². The molecule has 5 nitrogen and oxygen atoms in total. The van der Waals surface area contributed by atoms with E-state index in [4.69, 9.17) is 11.6 Å². The van der Waals surface area contributed by atoms with Gasteiger partial charge >= 0.3 is 0 Å². The number of anilines is 1. The number of rotatable bonds is 6. The molecule has 0 fully saturated rings. The lowest BCUT2D eigenvalue weighted by Gasteiger charge is -2.08. The van der Waals surface area contributed by atoms with Crippen molar-refractivity contribution in [3.63, 3.8) is 0 Å². The molecular formula is C21H18ClN3O2. The quantitative estimate of drug-likeness (QED) is 0.683. The third kappa shape index (κ3) is 5.66. The number of amides is 2. The molecule has 0 spiro atoms. The minimum absolute atomic E-state index is 0.0776. The standard InChI is InChI=1S/C21H18ClN3O2/c22-18-5-1-3-16(11-18)12-20(26)24-13-15-6-8-19(9-7-15)25-21(27)17-4-2-10-23-14-17/h1-11,14H,12-13H2,(H,24,26)(H,25,27). The zero-order valence-corrected chi connectivity index (χ0v) is 15.2. The highest BCUT2D eigenvalue weighted by Gasteiger charge is 2.07. The normalized spacial score (nSPS) is 10.3. The van der Waals surface area contributed by atoms with E-state index in [9.17, 15) is 9.59 Å². The summed E-state index contributed by atoms with van der Waals surface area (Å²) in [6, 6.07) is 18.0. The summed E-state index contributed by atoms with van der Waals surface area (Å²) in [7, 11) is 0. The topological polar surface area (TPSA) is 71.1 Å². The fraction of sp³-hybridized carbons (Fsp3) is 0.0952. The molecule has 0 bridgehead atoms. The Kier molecular flexibility index (Phi) is 6.18. The summed E-state index contributed by atoms with van der Waals surface area (Å²) in [6.07, 6.45) is 3.41. The molecule has 2 N–H and O–H groups in total. The smallest absolute Gasteiger partial charge is 0.257 e. The summed E-state index contributed by atoms with van der Waals surface area (Å²) in [4.78, 5) is 28.1. The highest BCUT2D eigenvalue weighted by molar-refractivity contribution is 6.30. The number of nitrogens with zero attached hydrogens (tertiary/aromatic N) is 1. The maximum atomic E-state index is 12.1. The van der Waals surface area contributed by atoms with Crippen LogP contribution in [-0.2, 0) is 17.8 Å². The zero-order valence-electron chi connectivity index (χ0n) is 14.5. The van der Waals surface area contributed by atoms with Gasteiger partial charge in [-0.2, -0.15) is 0 Å². The first kappa shape index (κ1) is 18.6. The molecular weight excluding hydrogens is 362 g/mol. The Labute approximate surface area is 162 Å². The van der Waals surface area contributed by atoms with Gasteiger partial charge in [0.1, 0.15) is 0 Å². The molecule has 0 unspecified atom stereocenters. The number of halogens is 1. The molecule has 3 aromatic rings. The van der Waals surface area contributed by atoms with Crippen molar-refractivity contribution in [3.05, 3.63) is 94.8 Å². The first-order valence-corrected chi connectivity index (χ1v) is 8.79. The molecule has 0 aliphatic carbocycles. The summed E-state index contributed by atoms with van der Waals surface area (Å²) in [5.41, 5.74) is 2.98.